The van der Waals surface area contributed by atoms with Crippen molar-refractivity contribution in [2.24, 2.45) is 14.1 Å². The Morgan fingerprint density at radius 1 is 1.06 bits per heavy atom. The summed E-state index contributed by atoms with van der Waals surface area (Å²) in [4.78, 5) is 16.3. The highest BCUT2D eigenvalue weighted by molar-refractivity contribution is 5.72. The molecule has 0 fully saturated rings. The Balaban J connectivity index is 2.34. The third kappa shape index (κ3) is 1.32. The van der Waals surface area contributed by atoms with Gasteiger partial charge in [-0.15, -0.1) is 0 Å². The van der Waals surface area contributed by atoms with E-state index in [1.165, 1.54) is 0 Å². The molecular weight excluding hydrogens is 216 g/mol. The Morgan fingerprint density at radius 3 is 2.47 bits per heavy atom. The van der Waals surface area contributed by atoms with E-state index in [1.54, 1.807) is 23.2 Å². The van der Waals surface area contributed by atoms with Crippen LogP contribution in [0, 0.1) is 0 Å². The van der Waals surface area contributed by atoms with Crippen LogP contribution in [0.1, 0.15) is 0 Å². The summed E-state index contributed by atoms with van der Waals surface area (Å²) in [6.45, 7) is 0. The molecule has 0 spiro atoms. The number of imidazole rings is 1. The van der Waals surface area contributed by atoms with E-state index in [1.807, 2.05) is 41.2 Å². The van der Waals surface area contributed by atoms with Crippen LogP contribution in [-0.2, 0) is 14.1 Å². The molecule has 0 bridgehead atoms. The lowest BCUT2D eigenvalue weighted by molar-refractivity contribution is 0.791. The van der Waals surface area contributed by atoms with Gasteiger partial charge in [0.1, 0.15) is 5.82 Å². The van der Waals surface area contributed by atoms with Crippen LogP contribution in [-0.4, -0.2) is 18.7 Å². The lowest BCUT2D eigenvalue weighted by atomic mass is 10.4. The van der Waals surface area contributed by atoms with Crippen LogP contribution in [0.4, 0.5) is 0 Å². The molecule has 0 atom stereocenters. The third-order valence-corrected chi connectivity index (χ3v) is 2.96. The smallest absolute Gasteiger partial charge is 0.309 e. The van der Waals surface area contributed by atoms with Gasteiger partial charge in [-0.3, -0.25) is 9.13 Å². The fourth-order valence-electron chi connectivity index (χ4n) is 1.99. The molecule has 0 saturated heterocycles. The Kier molecular flexibility index (Phi) is 1.95. The molecule has 86 valence electrons. The molecule has 3 aromatic rings. The largest absolute Gasteiger partial charge is 0.329 e. The van der Waals surface area contributed by atoms with Crippen molar-refractivity contribution >= 4 is 11.2 Å². The highest BCUT2D eigenvalue weighted by Crippen LogP contribution is 2.12. The van der Waals surface area contributed by atoms with Crippen LogP contribution in [0.2, 0.25) is 0 Å². The van der Waals surface area contributed by atoms with E-state index in [2.05, 4.69) is 4.98 Å². The van der Waals surface area contributed by atoms with E-state index in [0.717, 1.165) is 11.3 Å². The quantitative estimate of drug-likeness (QED) is 0.625. The fraction of sp³-hybridized carbons (Fsp3) is 0.167. The molecule has 0 amide bonds. The summed E-state index contributed by atoms with van der Waals surface area (Å²) in [5, 5.41) is 0. The second-order valence-corrected chi connectivity index (χ2v) is 4.00. The fourth-order valence-corrected chi connectivity index (χ4v) is 1.99. The van der Waals surface area contributed by atoms with E-state index in [4.69, 9.17) is 0 Å². The van der Waals surface area contributed by atoms with Crippen molar-refractivity contribution in [3.63, 3.8) is 0 Å². The first-order valence-electron chi connectivity index (χ1n) is 5.34. The maximum Gasteiger partial charge on any atom is 0.329 e. The van der Waals surface area contributed by atoms with Gasteiger partial charge in [0.25, 0.3) is 0 Å². The van der Waals surface area contributed by atoms with Gasteiger partial charge >= 0.3 is 5.69 Å². The van der Waals surface area contributed by atoms with Gasteiger partial charge in [-0.2, -0.15) is 0 Å². The first kappa shape index (κ1) is 9.89. The van der Waals surface area contributed by atoms with Gasteiger partial charge in [0.05, 0.1) is 5.52 Å². The summed E-state index contributed by atoms with van der Waals surface area (Å²) in [6, 6.07) is 7.70. The van der Waals surface area contributed by atoms with Crippen molar-refractivity contribution in [3.8, 4) is 5.82 Å². The molecule has 3 heterocycles. The SMILES string of the molecule is Cn1c(=O)n(C)c2nc(-n3cccc3)ccc21. The van der Waals surface area contributed by atoms with Crippen LogP contribution >= 0.6 is 0 Å². The Morgan fingerprint density at radius 2 is 1.76 bits per heavy atom. The zero-order chi connectivity index (χ0) is 12.0. The minimum absolute atomic E-state index is 0.0582. The molecule has 0 aliphatic carbocycles. The van der Waals surface area contributed by atoms with Crippen molar-refractivity contribution in [2.75, 3.05) is 0 Å². The molecule has 0 radical (unpaired) electrons. The van der Waals surface area contributed by atoms with Gasteiger partial charge in [-0.1, -0.05) is 0 Å². The van der Waals surface area contributed by atoms with Crippen LogP contribution in [0.3, 0.4) is 0 Å². The molecule has 3 aromatic heterocycles. The highest BCUT2D eigenvalue weighted by atomic mass is 16.1. The van der Waals surface area contributed by atoms with Crippen molar-refractivity contribution in [1.29, 1.82) is 0 Å². The summed E-state index contributed by atoms with van der Waals surface area (Å²) >= 11 is 0. The number of pyridine rings is 1. The molecule has 0 aliphatic rings. The molecule has 0 aromatic carbocycles. The maximum absolute atomic E-state index is 11.8. The second kappa shape index (κ2) is 3.35. The van der Waals surface area contributed by atoms with Crippen molar-refractivity contribution in [3.05, 3.63) is 47.1 Å². The summed E-state index contributed by atoms with van der Waals surface area (Å²) < 4.78 is 5.07. The molecule has 0 unspecified atom stereocenters. The molecule has 0 N–H and O–H groups in total. The Labute approximate surface area is 97.5 Å². The van der Waals surface area contributed by atoms with E-state index in [9.17, 15) is 4.79 Å². The number of aromatic nitrogens is 4. The Hall–Kier alpha value is -2.30. The summed E-state index contributed by atoms with van der Waals surface area (Å²) in [5.74, 6) is 0.809. The van der Waals surface area contributed by atoms with Gasteiger partial charge in [0.15, 0.2) is 5.65 Å². The summed E-state index contributed by atoms with van der Waals surface area (Å²) in [5.41, 5.74) is 1.48. The number of hydrogen-bond donors (Lipinski definition) is 0. The minimum atomic E-state index is -0.0582. The van der Waals surface area contributed by atoms with Crippen molar-refractivity contribution in [2.45, 2.75) is 0 Å². The topological polar surface area (TPSA) is 44.8 Å². The number of fused-ring (bicyclic) bond motifs is 1. The lowest BCUT2D eigenvalue weighted by Gasteiger charge is -2.02. The molecule has 0 aliphatic heterocycles. The summed E-state index contributed by atoms with van der Waals surface area (Å²) in [7, 11) is 3.48. The van der Waals surface area contributed by atoms with E-state index >= 15 is 0 Å². The third-order valence-electron chi connectivity index (χ3n) is 2.96. The number of hydrogen-bond acceptors (Lipinski definition) is 2. The minimum Gasteiger partial charge on any atom is -0.309 e. The monoisotopic (exact) mass is 228 g/mol. The average Bonchev–Trinajstić information content (AvgIpc) is 2.94. The maximum atomic E-state index is 11.8. The van der Waals surface area contributed by atoms with Gasteiger partial charge in [-0.25, -0.2) is 9.78 Å². The number of aryl methyl sites for hydroxylation is 2. The van der Waals surface area contributed by atoms with Crippen LogP contribution in [0.5, 0.6) is 0 Å². The standard InChI is InChI=1S/C12H12N4O/c1-14-9-5-6-10(16-7-3-4-8-16)13-11(9)15(2)12(14)17/h3-8H,1-2H3. The molecule has 17 heavy (non-hydrogen) atoms. The lowest BCUT2D eigenvalue weighted by Crippen LogP contribution is -2.19. The van der Waals surface area contributed by atoms with Gasteiger partial charge in [0, 0.05) is 26.5 Å². The zero-order valence-corrected chi connectivity index (χ0v) is 9.66. The number of rotatable bonds is 1. The van der Waals surface area contributed by atoms with Crippen LogP contribution < -0.4 is 5.69 Å². The normalized spacial score (nSPS) is 11.2. The molecule has 0 saturated carbocycles. The number of nitrogens with zero attached hydrogens (tertiary/aromatic N) is 4. The summed E-state index contributed by atoms with van der Waals surface area (Å²) in [6.07, 6.45) is 3.85. The van der Waals surface area contributed by atoms with E-state index in [0.29, 0.717) is 5.65 Å². The van der Waals surface area contributed by atoms with E-state index in [-0.39, 0.29) is 5.69 Å². The van der Waals surface area contributed by atoms with E-state index < -0.39 is 0 Å². The van der Waals surface area contributed by atoms with Gasteiger partial charge < -0.3 is 4.57 Å². The van der Waals surface area contributed by atoms with Crippen molar-refractivity contribution in [1.82, 2.24) is 18.7 Å². The predicted octanol–water partition coefficient (Wildman–Crippen LogP) is 1.06. The Bertz CT molecular complexity index is 734. The highest BCUT2D eigenvalue weighted by Gasteiger charge is 2.09. The zero-order valence-electron chi connectivity index (χ0n) is 9.66. The average molecular weight is 228 g/mol. The molecule has 3 rings (SSSR count). The molecular formula is C12H12N4O. The van der Waals surface area contributed by atoms with Crippen LogP contribution in [0.15, 0.2) is 41.5 Å². The molecule has 5 nitrogen and oxygen atoms in total. The van der Waals surface area contributed by atoms with Crippen LogP contribution in [0.25, 0.3) is 17.0 Å². The first-order chi connectivity index (χ1) is 8.18. The molecule has 5 heteroatoms. The first-order valence-corrected chi connectivity index (χ1v) is 5.34. The van der Waals surface area contributed by atoms with Crippen molar-refractivity contribution < 1.29 is 0 Å². The predicted molar refractivity (Wildman–Crippen MR) is 65.3 cm³/mol. The van der Waals surface area contributed by atoms with Gasteiger partial charge in [0.2, 0.25) is 0 Å². The second-order valence-electron chi connectivity index (χ2n) is 4.00. The van der Waals surface area contributed by atoms with Gasteiger partial charge in [-0.05, 0) is 24.3 Å².